The van der Waals surface area contributed by atoms with E-state index in [1.807, 2.05) is 17.8 Å². The van der Waals surface area contributed by atoms with Crippen LogP contribution in [-0.2, 0) is 16.1 Å². The van der Waals surface area contributed by atoms with Crippen LogP contribution in [0, 0.1) is 5.92 Å². The Bertz CT molecular complexity index is 314. The van der Waals surface area contributed by atoms with Gasteiger partial charge >= 0.3 is 5.97 Å². The minimum Gasteiger partial charge on any atom is -0.469 e. The lowest BCUT2D eigenvalue weighted by Gasteiger charge is -2.16. The SMILES string of the molecule is COC(=O)C(C)CC(C)NCc1cscn1. The Hall–Kier alpha value is -0.940. The number of rotatable bonds is 6. The van der Waals surface area contributed by atoms with E-state index in [9.17, 15) is 4.79 Å². The summed E-state index contributed by atoms with van der Waals surface area (Å²) in [6.07, 6.45) is 0.775. The number of aromatic nitrogens is 1. The van der Waals surface area contributed by atoms with Crippen molar-refractivity contribution in [3.8, 4) is 0 Å². The molecule has 0 aromatic carbocycles. The number of hydrogen-bond acceptors (Lipinski definition) is 5. The van der Waals surface area contributed by atoms with Gasteiger partial charge in [0.05, 0.1) is 24.2 Å². The van der Waals surface area contributed by atoms with Gasteiger partial charge in [-0.15, -0.1) is 11.3 Å². The quantitative estimate of drug-likeness (QED) is 0.773. The largest absolute Gasteiger partial charge is 0.469 e. The second-order valence-electron chi connectivity index (χ2n) is 3.92. The Kier molecular flexibility index (Phi) is 5.42. The van der Waals surface area contributed by atoms with Gasteiger partial charge in [-0.2, -0.15) is 0 Å². The minimum atomic E-state index is -0.151. The zero-order valence-corrected chi connectivity index (χ0v) is 10.7. The van der Waals surface area contributed by atoms with Crippen LogP contribution in [0.4, 0.5) is 0 Å². The average molecular weight is 242 g/mol. The average Bonchev–Trinajstić information content (AvgIpc) is 2.78. The highest BCUT2D eigenvalue weighted by Gasteiger charge is 2.16. The molecular weight excluding hydrogens is 224 g/mol. The lowest BCUT2D eigenvalue weighted by atomic mass is 10.0. The lowest BCUT2D eigenvalue weighted by molar-refractivity contribution is -0.145. The van der Waals surface area contributed by atoms with Crippen molar-refractivity contribution >= 4 is 17.3 Å². The van der Waals surface area contributed by atoms with Gasteiger partial charge in [0.2, 0.25) is 0 Å². The molecule has 1 aromatic heterocycles. The maximum atomic E-state index is 11.2. The monoisotopic (exact) mass is 242 g/mol. The predicted molar refractivity (Wildman–Crippen MR) is 64.2 cm³/mol. The molecule has 4 nitrogen and oxygen atoms in total. The molecule has 0 amide bonds. The molecular formula is C11H18N2O2S. The number of hydrogen-bond donors (Lipinski definition) is 1. The number of esters is 1. The minimum absolute atomic E-state index is 0.0667. The molecule has 1 heterocycles. The third kappa shape index (κ3) is 4.28. The van der Waals surface area contributed by atoms with E-state index in [2.05, 4.69) is 22.0 Å². The van der Waals surface area contributed by atoms with Gasteiger partial charge in [0, 0.05) is 18.0 Å². The van der Waals surface area contributed by atoms with Crippen LogP contribution in [0.25, 0.3) is 0 Å². The molecule has 0 saturated carbocycles. The van der Waals surface area contributed by atoms with Gasteiger partial charge < -0.3 is 10.1 Å². The second kappa shape index (κ2) is 6.60. The normalized spacial score (nSPS) is 14.4. The fourth-order valence-corrected chi connectivity index (χ4v) is 2.07. The number of nitrogens with zero attached hydrogens (tertiary/aromatic N) is 1. The summed E-state index contributed by atoms with van der Waals surface area (Å²) in [5.74, 6) is -0.217. The second-order valence-corrected chi connectivity index (χ2v) is 4.64. The van der Waals surface area contributed by atoms with Gasteiger partial charge in [0.1, 0.15) is 0 Å². The van der Waals surface area contributed by atoms with Crippen molar-refractivity contribution in [1.29, 1.82) is 0 Å². The van der Waals surface area contributed by atoms with E-state index >= 15 is 0 Å². The van der Waals surface area contributed by atoms with Crippen molar-refractivity contribution in [3.05, 3.63) is 16.6 Å². The number of nitrogens with one attached hydrogen (secondary N) is 1. The van der Waals surface area contributed by atoms with Crippen LogP contribution in [0.2, 0.25) is 0 Å². The van der Waals surface area contributed by atoms with Gasteiger partial charge in [-0.1, -0.05) is 6.92 Å². The molecule has 0 radical (unpaired) electrons. The van der Waals surface area contributed by atoms with E-state index in [1.54, 1.807) is 11.3 Å². The molecule has 0 saturated heterocycles. The summed E-state index contributed by atoms with van der Waals surface area (Å²) in [7, 11) is 1.42. The number of ether oxygens (including phenoxy) is 1. The predicted octanol–water partition coefficient (Wildman–Crippen LogP) is 1.82. The summed E-state index contributed by atoms with van der Waals surface area (Å²) in [4.78, 5) is 15.4. The van der Waals surface area contributed by atoms with Crippen molar-refractivity contribution in [3.63, 3.8) is 0 Å². The zero-order chi connectivity index (χ0) is 12.0. The zero-order valence-electron chi connectivity index (χ0n) is 9.90. The maximum absolute atomic E-state index is 11.2. The molecule has 2 unspecified atom stereocenters. The lowest BCUT2D eigenvalue weighted by Crippen LogP contribution is -2.29. The molecule has 1 N–H and O–H groups in total. The van der Waals surface area contributed by atoms with Crippen molar-refractivity contribution in [2.24, 2.45) is 5.92 Å². The van der Waals surface area contributed by atoms with Crippen LogP contribution < -0.4 is 5.32 Å². The topological polar surface area (TPSA) is 51.2 Å². The molecule has 0 aliphatic heterocycles. The van der Waals surface area contributed by atoms with Gasteiger partial charge in [0.15, 0.2) is 0 Å². The Balaban J connectivity index is 2.25. The molecule has 0 aliphatic carbocycles. The van der Waals surface area contributed by atoms with Crippen LogP contribution in [0.3, 0.4) is 0 Å². The highest BCUT2D eigenvalue weighted by molar-refractivity contribution is 7.07. The molecule has 16 heavy (non-hydrogen) atoms. The molecule has 0 bridgehead atoms. The van der Waals surface area contributed by atoms with E-state index in [4.69, 9.17) is 0 Å². The maximum Gasteiger partial charge on any atom is 0.308 e. The summed E-state index contributed by atoms with van der Waals surface area (Å²) in [5, 5.41) is 5.35. The molecule has 0 fully saturated rings. The van der Waals surface area contributed by atoms with Gasteiger partial charge in [-0.3, -0.25) is 4.79 Å². The molecule has 2 atom stereocenters. The van der Waals surface area contributed by atoms with E-state index in [0.29, 0.717) is 0 Å². The first-order valence-electron chi connectivity index (χ1n) is 5.31. The third-order valence-electron chi connectivity index (χ3n) is 2.43. The van der Waals surface area contributed by atoms with Crippen molar-refractivity contribution in [2.45, 2.75) is 32.9 Å². The van der Waals surface area contributed by atoms with Crippen LogP contribution in [0.1, 0.15) is 26.0 Å². The van der Waals surface area contributed by atoms with Crippen LogP contribution in [-0.4, -0.2) is 24.1 Å². The summed E-state index contributed by atoms with van der Waals surface area (Å²) in [5.41, 5.74) is 2.86. The Morgan fingerprint density at radius 2 is 2.38 bits per heavy atom. The van der Waals surface area contributed by atoms with Crippen LogP contribution >= 0.6 is 11.3 Å². The number of methoxy groups -OCH3 is 1. The first-order valence-corrected chi connectivity index (χ1v) is 6.26. The van der Waals surface area contributed by atoms with E-state index in [1.165, 1.54) is 7.11 Å². The van der Waals surface area contributed by atoms with Crippen LogP contribution in [0.5, 0.6) is 0 Å². The number of carbonyl (C=O) groups excluding carboxylic acids is 1. The first kappa shape index (κ1) is 13.1. The Morgan fingerprint density at radius 3 is 2.94 bits per heavy atom. The molecule has 1 rings (SSSR count). The van der Waals surface area contributed by atoms with Crippen molar-refractivity contribution in [2.75, 3.05) is 7.11 Å². The highest BCUT2D eigenvalue weighted by atomic mass is 32.1. The van der Waals surface area contributed by atoms with Gasteiger partial charge in [-0.25, -0.2) is 4.98 Å². The highest BCUT2D eigenvalue weighted by Crippen LogP contribution is 2.08. The first-order chi connectivity index (χ1) is 7.63. The molecule has 5 heteroatoms. The number of thiazole rings is 1. The summed E-state index contributed by atoms with van der Waals surface area (Å²) in [6, 6.07) is 0.274. The smallest absolute Gasteiger partial charge is 0.308 e. The van der Waals surface area contributed by atoms with E-state index in [-0.39, 0.29) is 17.9 Å². The molecule has 0 spiro atoms. The van der Waals surface area contributed by atoms with E-state index < -0.39 is 0 Å². The van der Waals surface area contributed by atoms with Crippen LogP contribution in [0.15, 0.2) is 10.9 Å². The third-order valence-corrected chi connectivity index (χ3v) is 3.06. The van der Waals surface area contributed by atoms with Gasteiger partial charge in [0.25, 0.3) is 0 Å². The Morgan fingerprint density at radius 1 is 1.62 bits per heavy atom. The fraction of sp³-hybridized carbons (Fsp3) is 0.636. The molecule has 90 valence electrons. The summed E-state index contributed by atoms with van der Waals surface area (Å²) >= 11 is 1.59. The summed E-state index contributed by atoms with van der Waals surface area (Å²) in [6.45, 7) is 4.69. The standard InChI is InChI=1S/C11H18N2O2S/c1-8(11(14)15-3)4-9(2)12-5-10-6-16-7-13-10/h6-9,12H,4-5H2,1-3H3. The number of carbonyl (C=O) groups is 1. The molecule has 0 aliphatic rings. The van der Waals surface area contributed by atoms with E-state index in [0.717, 1.165) is 18.7 Å². The molecule has 1 aromatic rings. The Labute approximate surface area is 100 Å². The van der Waals surface area contributed by atoms with Crippen molar-refractivity contribution < 1.29 is 9.53 Å². The van der Waals surface area contributed by atoms with Gasteiger partial charge in [-0.05, 0) is 13.3 Å². The van der Waals surface area contributed by atoms with Crippen molar-refractivity contribution in [1.82, 2.24) is 10.3 Å². The fourth-order valence-electron chi connectivity index (χ4n) is 1.51. The summed E-state index contributed by atoms with van der Waals surface area (Å²) < 4.78 is 4.69.